The first kappa shape index (κ1) is 12.3. The molecule has 2 heteroatoms. The highest BCUT2D eigenvalue weighted by Gasteiger charge is 2.43. The summed E-state index contributed by atoms with van der Waals surface area (Å²) in [4.78, 5) is 0. The summed E-state index contributed by atoms with van der Waals surface area (Å²) in [5, 5.41) is 0.424. The summed E-state index contributed by atoms with van der Waals surface area (Å²) >= 11 is 6.46. The van der Waals surface area contributed by atoms with Gasteiger partial charge in [-0.2, -0.15) is 0 Å². The van der Waals surface area contributed by atoms with Gasteiger partial charge in [0.1, 0.15) is 0 Å². The lowest BCUT2D eigenvalue weighted by molar-refractivity contribution is -0.0455. The summed E-state index contributed by atoms with van der Waals surface area (Å²) in [6.45, 7) is 0. The van der Waals surface area contributed by atoms with Crippen LogP contribution in [0.3, 0.4) is 0 Å². The first-order chi connectivity index (χ1) is 8.27. The third-order valence-corrected chi connectivity index (χ3v) is 5.81. The van der Waals surface area contributed by atoms with Gasteiger partial charge < -0.3 is 4.74 Å². The fourth-order valence-electron chi connectivity index (χ4n) is 4.21. The van der Waals surface area contributed by atoms with E-state index in [4.69, 9.17) is 16.3 Å². The molecule has 0 bridgehead atoms. The van der Waals surface area contributed by atoms with Crippen LogP contribution in [-0.2, 0) is 4.74 Å². The van der Waals surface area contributed by atoms with Crippen molar-refractivity contribution in [1.82, 2.24) is 0 Å². The van der Waals surface area contributed by atoms with Crippen LogP contribution in [0.4, 0.5) is 0 Å². The molecule has 0 aromatic rings. The Morgan fingerprint density at radius 2 is 1.71 bits per heavy atom. The van der Waals surface area contributed by atoms with Crippen molar-refractivity contribution in [3.8, 4) is 0 Å². The Kier molecular flexibility index (Phi) is 3.68. The zero-order valence-electron chi connectivity index (χ0n) is 10.8. The predicted octanol–water partition coefficient (Wildman–Crippen LogP) is 4.67. The molecule has 1 heterocycles. The van der Waals surface area contributed by atoms with Crippen LogP contribution in [0.25, 0.3) is 0 Å². The molecule has 0 aromatic carbocycles. The maximum Gasteiger partial charge on any atom is 0.0687 e. The molecule has 2 saturated carbocycles. The molecule has 1 nitrogen and oxygen atoms in total. The molecule has 0 N–H and O–H groups in total. The molecular weight excluding hydrogens is 232 g/mol. The molecule has 2 aliphatic carbocycles. The monoisotopic (exact) mass is 256 g/mol. The lowest BCUT2D eigenvalue weighted by atomic mass is 9.84. The van der Waals surface area contributed by atoms with Crippen LogP contribution in [0.1, 0.15) is 70.6 Å². The van der Waals surface area contributed by atoms with Crippen LogP contribution in [0.2, 0.25) is 0 Å². The fourth-order valence-corrected chi connectivity index (χ4v) is 4.60. The molecule has 17 heavy (non-hydrogen) atoms. The molecule has 0 radical (unpaired) electrons. The van der Waals surface area contributed by atoms with Crippen molar-refractivity contribution in [2.45, 2.75) is 87.7 Å². The molecule has 98 valence electrons. The molecule has 3 aliphatic rings. The summed E-state index contributed by atoms with van der Waals surface area (Å²) in [5.74, 6) is 0.729. The van der Waals surface area contributed by atoms with Crippen molar-refractivity contribution in [2.75, 3.05) is 0 Å². The summed E-state index contributed by atoms with van der Waals surface area (Å²) in [6.07, 6.45) is 15.0. The number of hydrogen-bond donors (Lipinski definition) is 0. The summed E-state index contributed by atoms with van der Waals surface area (Å²) in [6, 6.07) is 0. The molecule has 3 atom stereocenters. The van der Waals surface area contributed by atoms with E-state index < -0.39 is 0 Å². The first-order valence-electron chi connectivity index (χ1n) is 7.59. The molecule has 1 spiro atoms. The highest BCUT2D eigenvalue weighted by atomic mass is 35.5. The molecule has 1 saturated heterocycles. The number of rotatable bonds is 2. The number of halogens is 1. The van der Waals surface area contributed by atoms with Crippen LogP contribution < -0.4 is 0 Å². The van der Waals surface area contributed by atoms with Gasteiger partial charge in [0.25, 0.3) is 0 Å². The van der Waals surface area contributed by atoms with E-state index in [1.807, 2.05) is 0 Å². The Morgan fingerprint density at radius 1 is 0.941 bits per heavy atom. The standard InChI is InChI=1S/C15H25ClO/c16-14-6-2-1-5-12(14)11-13-7-10-15(17-13)8-3-4-9-15/h12-14H,1-11H2. The van der Waals surface area contributed by atoms with E-state index >= 15 is 0 Å². The Morgan fingerprint density at radius 3 is 2.47 bits per heavy atom. The van der Waals surface area contributed by atoms with Crippen molar-refractivity contribution >= 4 is 11.6 Å². The van der Waals surface area contributed by atoms with Crippen LogP contribution in [0, 0.1) is 5.92 Å². The zero-order chi connectivity index (χ0) is 11.7. The lowest BCUT2D eigenvalue weighted by Crippen LogP contribution is -2.28. The average molecular weight is 257 g/mol. The van der Waals surface area contributed by atoms with E-state index in [0.29, 0.717) is 17.1 Å². The molecule has 1 aliphatic heterocycles. The summed E-state index contributed by atoms with van der Waals surface area (Å²) < 4.78 is 6.40. The van der Waals surface area contributed by atoms with Crippen molar-refractivity contribution in [3.05, 3.63) is 0 Å². The number of hydrogen-bond acceptors (Lipinski definition) is 1. The minimum absolute atomic E-state index is 0.307. The van der Waals surface area contributed by atoms with Gasteiger partial charge in [0.15, 0.2) is 0 Å². The SMILES string of the molecule is ClC1CCCCC1CC1CCC2(CCCC2)O1. The van der Waals surface area contributed by atoms with Gasteiger partial charge >= 0.3 is 0 Å². The number of ether oxygens (including phenoxy) is 1. The zero-order valence-corrected chi connectivity index (χ0v) is 11.6. The third kappa shape index (κ3) is 2.66. The largest absolute Gasteiger partial charge is 0.372 e. The Labute approximate surface area is 110 Å². The second-order valence-electron chi connectivity index (χ2n) is 6.46. The van der Waals surface area contributed by atoms with E-state index in [1.165, 1.54) is 70.6 Å². The molecule has 3 rings (SSSR count). The maximum absolute atomic E-state index is 6.46. The Hall–Kier alpha value is 0.250. The molecule has 3 fully saturated rings. The molecular formula is C15H25ClO. The predicted molar refractivity (Wildman–Crippen MR) is 71.5 cm³/mol. The van der Waals surface area contributed by atoms with Gasteiger partial charge in [0, 0.05) is 5.38 Å². The van der Waals surface area contributed by atoms with Gasteiger partial charge in [-0.05, 0) is 50.9 Å². The van der Waals surface area contributed by atoms with Crippen LogP contribution in [-0.4, -0.2) is 17.1 Å². The Bertz CT molecular complexity index is 260. The van der Waals surface area contributed by atoms with Gasteiger partial charge in [0.05, 0.1) is 11.7 Å². The second kappa shape index (κ2) is 5.09. The van der Waals surface area contributed by atoms with Gasteiger partial charge in [-0.3, -0.25) is 0 Å². The highest BCUT2D eigenvalue weighted by molar-refractivity contribution is 6.20. The maximum atomic E-state index is 6.46. The molecule has 3 unspecified atom stereocenters. The topological polar surface area (TPSA) is 9.23 Å². The fraction of sp³-hybridized carbons (Fsp3) is 1.00. The van der Waals surface area contributed by atoms with Crippen LogP contribution in [0.15, 0.2) is 0 Å². The van der Waals surface area contributed by atoms with E-state index in [1.54, 1.807) is 0 Å². The third-order valence-electron chi connectivity index (χ3n) is 5.24. The first-order valence-corrected chi connectivity index (χ1v) is 8.03. The van der Waals surface area contributed by atoms with E-state index in [0.717, 1.165) is 5.92 Å². The van der Waals surface area contributed by atoms with Crippen molar-refractivity contribution in [2.24, 2.45) is 5.92 Å². The van der Waals surface area contributed by atoms with E-state index in [2.05, 4.69) is 0 Å². The Balaban J connectivity index is 1.52. The second-order valence-corrected chi connectivity index (χ2v) is 7.03. The van der Waals surface area contributed by atoms with Gasteiger partial charge in [-0.15, -0.1) is 11.6 Å². The van der Waals surface area contributed by atoms with Gasteiger partial charge in [0.2, 0.25) is 0 Å². The quantitative estimate of drug-likeness (QED) is 0.653. The molecule has 0 amide bonds. The van der Waals surface area contributed by atoms with Gasteiger partial charge in [-0.25, -0.2) is 0 Å². The average Bonchev–Trinajstić information content (AvgIpc) is 2.94. The van der Waals surface area contributed by atoms with Crippen LogP contribution >= 0.6 is 11.6 Å². The summed E-state index contributed by atoms with van der Waals surface area (Å²) in [7, 11) is 0. The van der Waals surface area contributed by atoms with E-state index in [-0.39, 0.29) is 0 Å². The number of alkyl halides is 1. The smallest absolute Gasteiger partial charge is 0.0687 e. The lowest BCUT2D eigenvalue weighted by Gasteiger charge is -2.30. The minimum Gasteiger partial charge on any atom is -0.372 e. The van der Waals surface area contributed by atoms with Crippen molar-refractivity contribution < 1.29 is 4.74 Å². The van der Waals surface area contributed by atoms with Crippen molar-refractivity contribution in [1.29, 1.82) is 0 Å². The van der Waals surface area contributed by atoms with E-state index in [9.17, 15) is 0 Å². The molecule has 0 aromatic heterocycles. The normalized spacial score (nSPS) is 41.1. The van der Waals surface area contributed by atoms with Crippen LogP contribution in [0.5, 0.6) is 0 Å². The van der Waals surface area contributed by atoms with Gasteiger partial charge in [-0.1, -0.05) is 25.7 Å². The van der Waals surface area contributed by atoms with Crippen molar-refractivity contribution in [3.63, 3.8) is 0 Å². The summed E-state index contributed by atoms with van der Waals surface area (Å²) in [5.41, 5.74) is 0.307. The highest BCUT2D eigenvalue weighted by Crippen LogP contribution is 2.45. The minimum atomic E-state index is 0.307.